The van der Waals surface area contributed by atoms with Gasteiger partial charge < -0.3 is 0 Å². The molecule has 0 saturated carbocycles. The van der Waals surface area contributed by atoms with Gasteiger partial charge in [-0.05, 0) is 33.7 Å². The van der Waals surface area contributed by atoms with Crippen molar-refractivity contribution in [3.05, 3.63) is 139 Å². The lowest BCUT2D eigenvalue weighted by molar-refractivity contribution is 0.663. The van der Waals surface area contributed by atoms with Gasteiger partial charge in [-0.3, -0.25) is 9.55 Å². The minimum Gasteiger partial charge on any atom is -0.277 e. The highest BCUT2D eigenvalue weighted by Gasteiger charge is 2.38. The minimum atomic E-state index is -0.233. The summed E-state index contributed by atoms with van der Waals surface area (Å²) in [6.07, 6.45) is 3.81. The lowest BCUT2D eigenvalue weighted by atomic mass is 9.81. The zero-order valence-corrected chi connectivity index (χ0v) is 24.4. The van der Waals surface area contributed by atoms with Gasteiger partial charge in [-0.2, -0.15) is 9.97 Å². The van der Waals surface area contributed by atoms with Crippen molar-refractivity contribution in [1.29, 1.82) is 0 Å². The van der Waals surface area contributed by atoms with Gasteiger partial charge in [-0.15, -0.1) is 0 Å². The number of rotatable bonds is 3. The quantitative estimate of drug-likeness (QED) is 0.214. The Morgan fingerprint density at radius 3 is 1.91 bits per heavy atom. The monoisotopic (exact) mass is 565 g/mol. The molecule has 5 heteroatoms. The lowest BCUT2D eigenvalue weighted by Crippen LogP contribution is -2.17. The van der Waals surface area contributed by atoms with Gasteiger partial charge in [0.15, 0.2) is 11.6 Å². The summed E-state index contributed by atoms with van der Waals surface area (Å²) in [5.41, 5.74) is 8.98. The number of pyridine rings is 1. The molecule has 0 bridgehead atoms. The van der Waals surface area contributed by atoms with E-state index < -0.39 is 0 Å². The van der Waals surface area contributed by atoms with Crippen LogP contribution >= 0.6 is 0 Å². The Bertz CT molecular complexity index is 2350. The molecular weight excluding hydrogens is 538 g/mol. The number of hydrogen-bond acceptors (Lipinski definition) is 4. The van der Waals surface area contributed by atoms with Crippen LogP contribution in [0.15, 0.2) is 128 Å². The van der Waals surface area contributed by atoms with Crippen molar-refractivity contribution in [2.75, 3.05) is 0 Å². The van der Waals surface area contributed by atoms with Crippen molar-refractivity contribution in [2.24, 2.45) is 0 Å². The molecule has 0 saturated heterocycles. The van der Waals surface area contributed by atoms with Crippen LogP contribution in [0.1, 0.15) is 25.0 Å². The molecule has 9 rings (SSSR count). The third-order valence-electron chi connectivity index (χ3n) is 9.11. The van der Waals surface area contributed by atoms with Crippen molar-refractivity contribution in [2.45, 2.75) is 19.3 Å². The average molecular weight is 566 g/mol. The second kappa shape index (κ2) is 9.16. The number of benzene rings is 5. The SMILES string of the molecule is CC1(C)c2ccccc2-c2ccc3c4ccc5ccncc5c4n(-c4nc(-c5ccccc5)nc(-c5ccccc5)n4)c3c21. The average Bonchev–Trinajstić information content (AvgIpc) is 3.54. The molecule has 0 amide bonds. The van der Waals surface area contributed by atoms with Gasteiger partial charge in [0.25, 0.3) is 0 Å². The summed E-state index contributed by atoms with van der Waals surface area (Å²) in [7, 11) is 0. The van der Waals surface area contributed by atoms with E-state index in [2.05, 4.69) is 102 Å². The normalized spacial score (nSPS) is 13.4. The maximum absolute atomic E-state index is 5.22. The summed E-state index contributed by atoms with van der Waals surface area (Å²) in [5.74, 6) is 1.87. The van der Waals surface area contributed by atoms with Gasteiger partial charge >= 0.3 is 0 Å². The van der Waals surface area contributed by atoms with Crippen molar-refractivity contribution in [3.8, 4) is 39.9 Å². The summed E-state index contributed by atoms with van der Waals surface area (Å²) in [4.78, 5) is 20.0. The Morgan fingerprint density at radius 1 is 0.545 bits per heavy atom. The summed E-state index contributed by atoms with van der Waals surface area (Å²) < 4.78 is 2.28. The predicted octanol–water partition coefficient (Wildman–Crippen LogP) is 9.16. The first-order chi connectivity index (χ1) is 21.6. The van der Waals surface area contributed by atoms with Crippen LogP contribution in [0.4, 0.5) is 0 Å². The highest BCUT2D eigenvalue weighted by Crippen LogP contribution is 2.53. The number of aromatic nitrogens is 5. The maximum atomic E-state index is 5.22. The predicted molar refractivity (Wildman–Crippen MR) is 178 cm³/mol. The number of fused-ring (bicyclic) bond motifs is 9. The van der Waals surface area contributed by atoms with Crippen LogP contribution in [0.3, 0.4) is 0 Å². The summed E-state index contributed by atoms with van der Waals surface area (Å²) in [5, 5.41) is 4.51. The van der Waals surface area contributed by atoms with E-state index in [-0.39, 0.29) is 5.41 Å². The van der Waals surface area contributed by atoms with Crippen molar-refractivity contribution in [1.82, 2.24) is 24.5 Å². The van der Waals surface area contributed by atoms with E-state index in [1.807, 2.05) is 48.8 Å². The first-order valence-corrected chi connectivity index (χ1v) is 14.9. The van der Waals surface area contributed by atoms with Crippen LogP contribution in [-0.4, -0.2) is 24.5 Å². The van der Waals surface area contributed by atoms with E-state index in [0.29, 0.717) is 17.6 Å². The Morgan fingerprint density at radius 2 is 1.18 bits per heavy atom. The smallest absolute Gasteiger partial charge is 0.238 e. The van der Waals surface area contributed by atoms with Crippen LogP contribution in [0.5, 0.6) is 0 Å². The second-order valence-electron chi connectivity index (χ2n) is 12.0. The van der Waals surface area contributed by atoms with Crippen molar-refractivity contribution >= 4 is 32.6 Å². The molecule has 44 heavy (non-hydrogen) atoms. The molecule has 5 aromatic carbocycles. The zero-order valence-electron chi connectivity index (χ0n) is 24.4. The van der Waals surface area contributed by atoms with Crippen LogP contribution < -0.4 is 0 Å². The van der Waals surface area contributed by atoms with E-state index in [9.17, 15) is 0 Å². The lowest BCUT2D eigenvalue weighted by Gasteiger charge is -2.23. The van der Waals surface area contributed by atoms with Crippen molar-refractivity contribution in [3.63, 3.8) is 0 Å². The third-order valence-corrected chi connectivity index (χ3v) is 9.11. The topological polar surface area (TPSA) is 56.5 Å². The highest BCUT2D eigenvalue weighted by molar-refractivity contribution is 6.20. The molecule has 5 nitrogen and oxygen atoms in total. The fraction of sp³-hybridized carbons (Fsp3) is 0.0769. The molecule has 0 atom stereocenters. The number of hydrogen-bond donors (Lipinski definition) is 0. The van der Waals surface area contributed by atoms with Crippen LogP contribution in [-0.2, 0) is 5.41 Å². The van der Waals surface area contributed by atoms with E-state index in [1.165, 1.54) is 27.6 Å². The van der Waals surface area contributed by atoms with Gasteiger partial charge in [0.05, 0.1) is 11.0 Å². The Labute approximate surface area is 254 Å². The summed E-state index contributed by atoms with van der Waals surface area (Å²) in [6.45, 7) is 4.66. The summed E-state index contributed by atoms with van der Waals surface area (Å²) in [6, 6.07) is 40.1. The molecule has 1 aliphatic rings. The molecule has 1 aliphatic carbocycles. The Hall–Kier alpha value is -5.68. The van der Waals surface area contributed by atoms with Crippen LogP contribution in [0.2, 0.25) is 0 Å². The second-order valence-corrected chi connectivity index (χ2v) is 12.0. The zero-order chi connectivity index (χ0) is 29.4. The van der Waals surface area contributed by atoms with Gasteiger partial charge in [0.2, 0.25) is 5.95 Å². The maximum Gasteiger partial charge on any atom is 0.238 e. The fourth-order valence-corrected chi connectivity index (χ4v) is 7.11. The molecule has 8 aromatic rings. The first kappa shape index (κ1) is 24.9. The molecule has 0 unspecified atom stereocenters. The summed E-state index contributed by atoms with van der Waals surface area (Å²) >= 11 is 0. The number of nitrogens with zero attached hydrogens (tertiary/aromatic N) is 5. The molecule has 0 aliphatic heterocycles. The van der Waals surface area contributed by atoms with E-state index in [1.54, 1.807) is 0 Å². The first-order valence-electron chi connectivity index (χ1n) is 14.9. The van der Waals surface area contributed by atoms with Crippen LogP contribution in [0, 0.1) is 0 Å². The van der Waals surface area contributed by atoms with Crippen molar-refractivity contribution < 1.29 is 0 Å². The van der Waals surface area contributed by atoms with Gasteiger partial charge in [0, 0.05) is 45.1 Å². The third kappa shape index (κ3) is 3.47. The molecular formula is C39H27N5. The molecule has 208 valence electrons. The fourth-order valence-electron chi connectivity index (χ4n) is 7.11. The van der Waals surface area contributed by atoms with Gasteiger partial charge in [-0.25, -0.2) is 4.98 Å². The Balaban J connectivity index is 1.48. The molecule has 0 radical (unpaired) electrons. The van der Waals surface area contributed by atoms with Gasteiger partial charge in [-0.1, -0.05) is 123 Å². The molecule has 0 N–H and O–H groups in total. The highest BCUT2D eigenvalue weighted by atomic mass is 15.2. The van der Waals surface area contributed by atoms with E-state index in [0.717, 1.165) is 38.3 Å². The van der Waals surface area contributed by atoms with E-state index >= 15 is 0 Å². The standard InChI is InChI=1S/C39H27N5/c1-39(2)32-16-10-9-15-27(32)28-19-20-30-29-18-17-24-21-22-40-23-31(24)34(29)44(35(30)33(28)39)38-42-36(25-11-5-3-6-12-25)41-37(43-38)26-13-7-4-8-14-26/h3-23H,1-2H3. The Kier molecular flexibility index (Phi) is 5.18. The van der Waals surface area contributed by atoms with Crippen LogP contribution in [0.25, 0.3) is 72.4 Å². The minimum absolute atomic E-state index is 0.233. The molecule has 0 fully saturated rings. The molecule has 3 aromatic heterocycles. The largest absolute Gasteiger partial charge is 0.277 e. The molecule has 3 heterocycles. The van der Waals surface area contributed by atoms with Gasteiger partial charge in [0.1, 0.15) is 0 Å². The van der Waals surface area contributed by atoms with E-state index in [4.69, 9.17) is 15.0 Å². The molecule has 0 spiro atoms.